The van der Waals surface area contributed by atoms with E-state index < -0.39 is 27.7 Å². The van der Waals surface area contributed by atoms with Gasteiger partial charge in [-0.3, -0.25) is 4.79 Å². The number of rotatable bonds is 5. The second-order valence-electron chi connectivity index (χ2n) is 7.16. The standard InChI is InChI=1S/C19H23F3N4O3S/c1-3-30(28,29)25-10-8-14(9-11-25)18(27)23-17-12-13(2)24-26(17)16-7-5-4-6-15(16)19(20,21)22/h4-7,12,14H,3,8-11H2,1-2H3,(H,23,27). The Bertz CT molecular complexity index is 1030. The second-order valence-corrected chi connectivity index (χ2v) is 9.42. The van der Waals surface area contributed by atoms with Gasteiger partial charge < -0.3 is 5.32 Å². The van der Waals surface area contributed by atoms with E-state index in [1.54, 1.807) is 13.8 Å². The molecule has 30 heavy (non-hydrogen) atoms. The fourth-order valence-electron chi connectivity index (χ4n) is 3.48. The summed E-state index contributed by atoms with van der Waals surface area (Å²) < 4.78 is 66.6. The van der Waals surface area contributed by atoms with Gasteiger partial charge in [-0.2, -0.15) is 18.3 Å². The Hall–Kier alpha value is -2.40. The maximum atomic E-state index is 13.4. The highest BCUT2D eigenvalue weighted by Gasteiger charge is 2.35. The van der Waals surface area contributed by atoms with Gasteiger partial charge in [-0.1, -0.05) is 12.1 Å². The molecule has 0 atom stereocenters. The first-order valence-corrected chi connectivity index (χ1v) is 11.2. The Balaban J connectivity index is 1.80. The highest BCUT2D eigenvalue weighted by atomic mass is 32.2. The smallest absolute Gasteiger partial charge is 0.310 e. The Labute approximate surface area is 172 Å². The van der Waals surface area contributed by atoms with Gasteiger partial charge in [-0.05, 0) is 38.8 Å². The van der Waals surface area contributed by atoms with Gasteiger partial charge in [0.25, 0.3) is 0 Å². The molecule has 1 aromatic heterocycles. The molecule has 1 N–H and O–H groups in total. The molecule has 3 rings (SSSR count). The van der Waals surface area contributed by atoms with Crippen LogP contribution < -0.4 is 5.32 Å². The lowest BCUT2D eigenvalue weighted by Gasteiger charge is -2.30. The zero-order valence-electron chi connectivity index (χ0n) is 16.6. The normalized spacial score (nSPS) is 16.6. The molecule has 0 aliphatic carbocycles. The van der Waals surface area contributed by atoms with Crippen molar-refractivity contribution < 1.29 is 26.4 Å². The van der Waals surface area contributed by atoms with Crippen LogP contribution >= 0.6 is 0 Å². The third-order valence-electron chi connectivity index (χ3n) is 5.10. The van der Waals surface area contributed by atoms with Crippen LogP contribution in [0.5, 0.6) is 0 Å². The number of nitrogens with one attached hydrogen (secondary N) is 1. The minimum Gasteiger partial charge on any atom is -0.310 e. The lowest BCUT2D eigenvalue weighted by atomic mass is 9.97. The van der Waals surface area contributed by atoms with Crippen molar-refractivity contribution in [3.8, 4) is 5.69 Å². The number of anilines is 1. The summed E-state index contributed by atoms with van der Waals surface area (Å²) in [5, 5.41) is 6.80. The Morgan fingerprint density at radius 3 is 2.47 bits per heavy atom. The number of hydrogen-bond donors (Lipinski definition) is 1. The summed E-state index contributed by atoms with van der Waals surface area (Å²) in [7, 11) is -3.31. The van der Waals surface area contributed by atoms with Crippen molar-refractivity contribution in [2.24, 2.45) is 5.92 Å². The quantitative estimate of drug-likeness (QED) is 0.768. The number of sulfonamides is 1. The highest BCUT2D eigenvalue weighted by Crippen LogP contribution is 2.35. The minimum atomic E-state index is -4.57. The van der Waals surface area contributed by atoms with Crippen molar-refractivity contribution in [3.63, 3.8) is 0 Å². The number of hydrogen-bond acceptors (Lipinski definition) is 4. The molecule has 0 saturated carbocycles. The fraction of sp³-hybridized carbons (Fsp3) is 0.474. The van der Waals surface area contributed by atoms with Gasteiger partial charge in [-0.25, -0.2) is 17.4 Å². The van der Waals surface area contributed by atoms with Gasteiger partial charge in [0.1, 0.15) is 5.82 Å². The lowest BCUT2D eigenvalue weighted by molar-refractivity contribution is -0.137. The molecule has 7 nitrogen and oxygen atoms in total. The Kier molecular flexibility index (Phi) is 6.23. The van der Waals surface area contributed by atoms with Gasteiger partial charge >= 0.3 is 6.18 Å². The maximum Gasteiger partial charge on any atom is 0.418 e. The third kappa shape index (κ3) is 4.67. The molecule has 0 bridgehead atoms. The Morgan fingerprint density at radius 2 is 1.87 bits per heavy atom. The number of benzene rings is 1. The summed E-state index contributed by atoms with van der Waals surface area (Å²) in [6, 6.07) is 6.51. The van der Waals surface area contributed by atoms with E-state index >= 15 is 0 Å². The number of amides is 1. The van der Waals surface area contributed by atoms with Crippen LogP contribution in [-0.4, -0.2) is 47.3 Å². The first kappa shape index (κ1) is 22.3. The number of halogens is 3. The molecular formula is C19H23F3N4O3S. The van der Waals surface area contributed by atoms with Crippen molar-refractivity contribution in [2.45, 2.75) is 32.9 Å². The van der Waals surface area contributed by atoms with E-state index in [9.17, 15) is 26.4 Å². The molecule has 1 aromatic carbocycles. The predicted octanol–water partition coefficient (Wildman–Crippen LogP) is 3.20. The largest absolute Gasteiger partial charge is 0.418 e. The molecule has 2 heterocycles. The number of carbonyl (C=O) groups excluding carboxylic acids is 1. The summed E-state index contributed by atoms with van der Waals surface area (Å²) >= 11 is 0. The SMILES string of the molecule is CCS(=O)(=O)N1CCC(C(=O)Nc2cc(C)nn2-c2ccccc2C(F)(F)F)CC1. The Morgan fingerprint density at radius 1 is 1.23 bits per heavy atom. The van der Waals surface area contributed by atoms with E-state index in [4.69, 9.17) is 0 Å². The molecule has 1 fully saturated rings. The van der Waals surface area contributed by atoms with Crippen LogP contribution in [0.1, 0.15) is 31.0 Å². The second kappa shape index (κ2) is 8.38. The summed E-state index contributed by atoms with van der Waals surface area (Å²) in [6.07, 6.45) is -3.88. The van der Waals surface area contributed by atoms with E-state index in [0.717, 1.165) is 10.7 Å². The van der Waals surface area contributed by atoms with Crippen molar-refractivity contribution in [2.75, 3.05) is 24.2 Å². The summed E-state index contributed by atoms with van der Waals surface area (Å²) in [4.78, 5) is 12.7. The van der Waals surface area contributed by atoms with E-state index in [1.165, 1.54) is 28.6 Å². The van der Waals surface area contributed by atoms with Crippen LogP contribution in [0.25, 0.3) is 5.69 Å². The molecule has 1 amide bonds. The number of alkyl halides is 3. The maximum absolute atomic E-state index is 13.4. The molecule has 0 radical (unpaired) electrons. The van der Waals surface area contributed by atoms with E-state index in [-0.39, 0.29) is 36.3 Å². The van der Waals surface area contributed by atoms with Crippen LogP contribution in [0, 0.1) is 12.8 Å². The lowest BCUT2D eigenvalue weighted by Crippen LogP contribution is -2.42. The van der Waals surface area contributed by atoms with Crippen LogP contribution in [0.4, 0.5) is 19.0 Å². The average Bonchev–Trinajstić information content (AvgIpc) is 3.07. The molecule has 0 spiro atoms. The van der Waals surface area contributed by atoms with Gasteiger partial charge in [-0.15, -0.1) is 0 Å². The number of piperidine rings is 1. The minimum absolute atomic E-state index is 0.000932. The van der Waals surface area contributed by atoms with Crippen molar-refractivity contribution in [1.82, 2.24) is 14.1 Å². The molecular weight excluding hydrogens is 421 g/mol. The molecule has 2 aromatic rings. The average molecular weight is 444 g/mol. The van der Waals surface area contributed by atoms with Crippen LogP contribution in [0.3, 0.4) is 0 Å². The molecule has 1 aliphatic rings. The summed E-state index contributed by atoms with van der Waals surface area (Å²) in [5.41, 5.74) is -0.593. The highest BCUT2D eigenvalue weighted by molar-refractivity contribution is 7.89. The summed E-state index contributed by atoms with van der Waals surface area (Å²) in [5.74, 6) is -0.664. The number of para-hydroxylation sites is 1. The first-order chi connectivity index (χ1) is 14.0. The molecule has 0 unspecified atom stereocenters. The van der Waals surface area contributed by atoms with Crippen LogP contribution in [0.15, 0.2) is 30.3 Å². The number of aryl methyl sites for hydroxylation is 1. The monoisotopic (exact) mass is 444 g/mol. The van der Waals surface area contributed by atoms with Crippen molar-refractivity contribution >= 4 is 21.7 Å². The van der Waals surface area contributed by atoms with Gasteiger partial charge in [0.05, 0.1) is 22.7 Å². The number of aromatic nitrogens is 2. The zero-order chi connectivity index (χ0) is 22.1. The molecule has 11 heteroatoms. The number of nitrogens with zero attached hydrogens (tertiary/aromatic N) is 3. The van der Waals surface area contributed by atoms with Crippen LogP contribution in [-0.2, 0) is 21.0 Å². The van der Waals surface area contributed by atoms with Gasteiger partial charge in [0.2, 0.25) is 15.9 Å². The van der Waals surface area contributed by atoms with E-state index in [2.05, 4.69) is 10.4 Å². The topological polar surface area (TPSA) is 84.3 Å². The van der Waals surface area contributed by atoms with Gasteiger partial charge in [0, 0.05) is 25.1 Å². The van der Waals surface area contributed by atoms with Crippen molar-refractivity contribution in [1.29, 1.82) is 0 Å². The molecule has 164 valence electrons. The third-order valence-corrected chi connectivity index (χ3v) is 6.98. The fourth-order valence-corrected chi connectivity index (χ4v) is 4.61. The van der Waals surface area contributed by atoms with Crippen LogP contribution in [0.2, 0.25) is 0 Å². The van der Waals surface area contributed by atoms with E-state index in [1.807, 2.05) is 0 Å². The summed E-state index contributed by atoms with van der Waals surface area (Å²) in [6.45, 7) is 3.67. The van der Waals surface area contributed by atoms with Gasteiger partial charge in [0.15, 0.2) is 0 Å². The molecule has 1 saturated heterocycles. The zero-order valence-corrected chi connectivity index (χ0v) is 17.4. The predicted molar refractivity (Wildman–Crippen MR) is 106 cm³/mol. The van der Waals surface area contributed by atoms with Crippen molar-refractivity contribution in [3.05, 3.63) is 41.6 Å². The molecule has 1 aliphatic heterocycles. The number of carbonyl (C=O) groups is 1. The first-order valence-electron chi connectivity index (χ1n) is 9.55. The van der Waals surface area contributed by atoms with E-state index in [0.29, 0.717) is 18.5 Å².